The molecule has 1 atom stereocenters. The minimum absolute atomic E-state index is 0.281. The molecule has 0 aliphatic carbocycles. The van der Waals surface area contributed by atoms with E-state index in [1.54, 1.807) is 0 Å². The number of nitrogens with one attached hydrogen (secondary N) is 1. The van der Waals surface area contributed by atoms with Gasteiger partial charge in [-0.2, -0.15) is 0 Å². The van der Waals surface area contributed by atoms with E-state index in [0.29, 0.717) is 0 Å². The average molecular weight is 384 g/mol. The van der Waals surface area contributed by atoms with Crippen molar-refractivity contribution in [2.45, 2.75) is 26.4 Å². The molecule has 4 heteroatoms. The summed E-state index contributed by atoms with van der Waals surface area (Å²) < 4.78 is 2.20. The van der Waals surface area contributed by atoms with Crippen molar-refractivity contribution in [2.75, 3.05) is 0 Å². The van der Waals surface area contributed by atoms with Gasteiger partial charge in [0.15, 0.2) is 0 Å². The average Bonchev–Trinajstić information content (AvgIpc) is 2.37. The van der Waals surface area contributed by atoms with Crippen LogP contribution in [0.2, 0.25) is 0 Å². The Bertz CT molecular complexity index is 553. The van der Waals surface area contributed by atoms with E-state index in [2.05, 4.69) is 73.3 Å². The van der Waals surface area contributed by atoms with Gasteiger partial charge in [-0.1, -0.05) is 44.0 Å². The van der Waals surface area contributed by atoms with Gasteiger partial charge >= 0.3 is 0 Å². The molecule has 1 heterocycles. The van der Waals surface area contributed by atoms with Gasteiger partial charge in [0.05, 0.1) is 0 Å². The molecule has 2 nitrogen and oxygen atoms in total. The highest BCUT2D eigenvalue weighted by molar-refractivity contribution is 9.11. The number of aryl methyl sites for hydroxylation is 1. The van der Waals surface area contributed by atoms with E-state index in [1.807, 2.05) is 19.2 Å². The molecule has 1 unspecified atom stereocenters. The maximum absolute atomic E-state index is 4.30. The van der Waals surface area contributed by atoms with Crippen LogP contribution in [-0.4, -0.2) is 4.98 Å². The molecule has 2 aromatic rings. The lowest BCUT2D eigenvalue weighted by Crippen LogP contribution is -2.18. The zero-order valence-electron chi connectivity index (χ0n) is 11.0. The molecule has 0 aliphatic rings. The minimum Gasteiger partial charge on any atom is -0.306 e. The summed E-state index contributed by atoms with van der Waals surface area (Å²) in [6, 6.07) is 10.7. The number of hydrogen-bond acceptors (Lipinski definition) is 2. The van der Waals surface area contributed by atoms with Crippen molar-refractivity contribution >= 4 is 31.9 Å². The quantitative estimate of drug-likeness (QED) is 0.822. The highest BCUT2D eigenvalue weighted by Gasteiger charge is 2.09. The summed E-state index contributed by atoms with van der Waals surface area (Å²) in [7, 11) is 0. The van der Waals surface area contributed by atoms with Crippen molar-refractivity contribution in [1.82, 2.24) is 10.3 Å². The number of benzene rings is 1. The summed E-state index contributed by atoms with van der Waals surface area (Å²) in [4.78, 5) is 4.30. The highest BCUT2D eigenvalue weighted by Crippen LogP contribution is 2.26. The standard InChI is InChI=1S/C15H16Br2N2/c1-10-3-4-12(8-18-10)9-19-11(2)14-6-5-13(16)7-15(14)17/h3-8,11,19H,9H2,1-2H3. The molecule has 1 N–H and O–H groups in total. The van der Waals surface area contributed by atoms with Crippen molar-refractivity contribution in [3.05, 3.63) is 62.3 Å². The fourth-order valence-electron chi connectivity index (χ4n) is 1.84. The number of nitrogens with zero attached hydrogens (tertiary/aromatic N) is 1. The van der Waals surface area contributed by atoms with E-state index in [4.69, 9.17) is 0 Å². The third-order valence-electron chi connectivity index (χ3n) is 3.01. The number of hydrogen-bond donors (Lipinski definition) is 1. The number of rotatable bonds is 4. The van der Waals surface area contributed by atoms with Crippen molar-refractivity contribution in [1.29, 1.82) is 0 Å². The van der Waals surface area contributed by atoms with E-state index in [9.17, 15) is 0 Å². The van der Waals surface area contributed by atoms with Crippen LogP contribution in [0.15, 0.2) is 45.5 Å². The van der Waals surface area contributed by atoms with Crippen LogP contribution in [-0.2, 0) is 6.54 Å². The Balaban J connectivity index is 2.01. The van der Waals surface area contributed by atoms with Crippen LogP contribution in [0.25, 0.3) is 0 Å². The van der Waals surface area contributed by atoms with E-state index in [0.717, 1.165) is 21.2 Å². The van der Waals surface area contributed by atoms with Crippen LogP contribution in [0.3, 0.4) is 0 Å². The van der Waals surface area contributed by atoms with Crippen molar-refractivity contribution < 1.29 is 0 Å². The summed E-state index contributed by atoms with van der Waals surface area (Å²) in [5, 5.41) is 3.51. The van der Waals surface area contributed by atoms with Gasteiger partial charge in [0.2, 0.25) is 0 Å². The van der Waals surface area contributed by atoms with Crippen LogP contribution in [0, 0.1) is 6.92 Å². The Kier molecular flexibility index (Phi) is 5.13. The first-order valence-electron chi connectivity index (χ1n) is 6.16. The first kappa shape index (κ1) is 14.7. The molecule has 1 aromatic heterocycles. The smallest absolute Gasteiger partial charge is 0.0372 e. The summed E-state index contributed by atoms with van der Waals surface area (Å²) in [6.07, 6.45) is 1.92. The van der Waals surface area contributed by atoms with Crippen LogP contribution in [0.4, 0.5) is 0 Å². The molecule has 0 amide bonds. The molecule has 0 spiro atoms. The Morgan fingerprint density at radius 3 is 2.63 bits per heavy atom. The second-order valence-electron chi connectivity index (χ2n) is 4.58. The van der Waals surface area contributed by atoms with Gasteiger partial charge in [0.25, 0.3) is 0 Å². The SMILES string of the molecule is Cc1ccc(CNC(C)c2ccc(Br)cc2Br)cn1. The van der Waals surface area contributed by atoms with E-state index in [-0.39, 0.29) is 6.04 Å². The first-order chi connectivity index (χ1) is 9.06. The predicted octanol–water partition coefficient (Wildman–Crippen LogP) is 4.77. The largest absolute Gasteiger partial charge is 0.306 e. The van der Waals surface area contributed by atoms with Gasteiger partial charge in [-0.05, 0) is 43.2 Å². The van der Waals surface area contributed by atoms with E-state index >= 15 is 0 Å². The summed E-state index contributed by atoms with van der Waals surface area (Å²) >= 11 is 7.07. The number of halogens is 2. The minimum atomic E-state index is 0.281. The van der Waals surface area contributed by atoms with Crippen LogP contribution < -0.4 is 5.32 Å². The molecule has 0 aliphatic heterocycles. The molecular weight excluding hydrogens is 368 g/mol. The Labute approximate surface area is 130 Å². The Morgan fingerprint density at radius 2 is 2.00 bits per heavy atom. The van der Waals surface area contributed by atoms with Crippen LogP contribution in [0.1, 0.15) is 29.8 Å². The maximum Gasteiger partial charge on any atom is 0.0372 e. The lowest BCUT2D eigenvalue weighted by atomic mass is 10.1. The molecule has 100 valence electrons. The lowest BCUT2D eigenvalue weighted by Gasteiger charge is -2.16. The molecule has 0 saturated heterocycles. The second-order valence-corrected chi connectivity index (χ2v) is 6.35. The van der Waals surface area contributed by atoms with Crippen molar-refractivity contribution in [3.63, 3.8) is 0 Å². The van der Waals surface area contributed by atoms with Gasteiger partial charge in [-0.25, -0.2) is 0 Å². The van der Waals surface area contributed by atoms with Gasteiger partial charge < -0.3 is 5.32 Å². The monoisotopic (exact) mass is 382 g/mol. The zero-order valence-corrected chi connectivity index (χ0v) is 14.1. The second kappa shape index (κ2) is 6.64. The zero-order chi connectivity index (χ0) is 13.8. The van der Waals surface area contributed by atoms with Gasteiger partial charge in [-0.15, -0.1) is 0 Å². The predicted molar refractivity (Wildman–Crippen MR) is 86.1 cm³/mol. The van der Waals surface area contributed by atoms with Crippen LogP contribution >= 0.6 is 31.9 Å². The fraction of sp³-hybridized carbons (Fsp3) is 0.267. The highest BCUT2D eigenvalue weighted by atomic mass is 79.9. The molecule has 0 bridgehead atoms. The number of aromatic nitrogens is 1. The third kappa shape index (κ3) is 4.13. The molecule has 0 radical (unpaired) electrons. The van der Waals surface area contributed by atoms with Gasteiger partial charge in [0, 0.05) is 33.4 Å². The summed E-state index contributed by atoms with van der Waals surface area (Å²) in [6.45, 7) is 4.98. The van der Waals surface area contributed by atoms with E-state index in [1.165, 1.54) is 11.1 Å². The van der Waals surface area contributed by atoms with Gasteiger partial charge in [0.1, 0.15) is 0 Å². The number of pyridine rings is 1. The molecule has 19 heavy (non-hydrogen) atoms. The van der Waals surface area contributed by atoms with Crippen molar-refractivity contribution in [2.24, 2.45) is 0 Å². The fourth-order valence-corrected chi connectivity index (χ4v) is 3.23. The summed E-state index contributed by atoms with van der Waals surface area (Å²) in [5.74, 6) is 0. The normalized spacial score (nSPS) is 12.4. The molecule has 0 fully saturated rings. The molecule has 1 aromatic carbocycles. The van der Waals surface area contributed by atoms with Crippen molar-refractivity contribution in [3.8, 4) is 0 Å². The lowest BCUT2D eigenvalue weighted by molar-refractivity contribution is 0.572. The van der Waals surface area contributed by atoms with Gasteiger partial charge in [-0.3, -0.25) is 4.98 Å². The Morgan fingerprint density at radius 1 is 1.21 bits per heavy atom. The van der Waals surface area contributed by atoms with E-state index < -0.39 is 0 Å². The molecule has 2 rings (SSSR count). The molecular formula is C15H16Br2N2. The topological polar surface area (TPSA) is 24.9 Å². The summed E-state index contributed by atoms with van der Waals surface area (Å²) in [5.41, 5.74) is 3.50. The third-order valence-corrected chi connectivity index (χ3v) is 4.19. The first-order valence-corrected chi connectivity index (χ1v) is 7.74. The Hall–Kier alpha value is -0.710. The molecule has 0 saturated carbocycles. The maximum atomic E-state index is 4.30. The van der Waals surface area contributed by atoms with Crippen LogP contribution in [0.5, 0.6) is 0 Å².